The minimum Gasteiger partial charge on any atom is -0.497 e. The highest BCUT2D eigenvalue weighted by Gasteiger charge is 2.32. The predicted molar refractivity (Wildman–Crippen MR) is 108 cm³/mol. The van der Waals surface area contributed by atoms with Crippen LogP contribution in [0.2, 0.25) is 0 Å². The number of carbonyl (C=O) groups is 1. The van der Waals surface area contributed by atoms with Crippen molar-refractivity contribution in [3.63, 3.8) is 0 Å². The van der Waals surface area contributed by atoms with Gasteiger partial charge in [0.1, 0.15) is 5.75 Å². The van der Waals surface area contributed by atoms with Crippen LogP contribution in [-0.2, 0) is 0 Å². The zero-order valence-electron chi connectivity index (χ0n) is 15.8. The third kappa shape index (κ3) is 3.93. The number of fused-ring (bicyclic) bond motifs is 1. The molecule has 2 aliphatic rings. The molecule has 1 amide bonds. The molecule has 0 spiro atoms. The van der Waals surface area contributed by atoms with E-state index in [-0.39, 0.29) is 5.91 Å². The summed E-state index contributed by atoms with van der Waals surface area (Å²) < 4.78 is 5.30. The maximum Gasteiger partial charge on any atom is 0.255 e. The second-order valence-corrected chi connectivity index (χ2v) is 7.45. The van der Waals surface area contributed by atoms with Gasteiger partial charge in [-0.05, 0) is 62.0 Å². The summed E-state index contributed by atoms with van der Waals surface area (Å²) in [6.45, 7) is 3.88. The number of likely N-dealkylation sites (tertiary alicyclic amines) is 1. The van der Waals surface area contributed by atoms with E-state index in [1.807, 2.05) is 53.4 Å². The van der Waals surface area contributed by atoms with E-state index in [1.54, 1.807) is 7.11 Å². The fraction of sp³-hybridized carbons (Fsp3) is 0.409. The highest BCUT2D eigenvalue weighted by Crippen LogP contribution is 2.29. The molecular formula is C22H27N3O2. The van der Waals surface area contributed by atoms with Crippen LogP contribution < -0.4 is 15.4 Å². The van der Waals surface area contributed by atoms with Gasteiger partial charge in [0.05, 0.1) is 18.4 Å². The first-order chi connectivity index (χ1) is 13.2. The number of para-hydroxylation sites is 1. The van der Waals surface area contributed by atoms with Crippen molar-refractivity contribution in [1.29, 1.82) is 0 Å². The fourth-order valence-corrected chi connectivity index (χ4v) is 4.23. The number of methoxy groups -OCH3 is 1. The molecule has 0 aromatic heterocycles. The first-order valence-electron chi connectivity index (χ1n) is 9.74. The summed E-state index contributed by atoms with van der Waals surface area (Å²) >= 11 is 0. The van der Waals surface area contributed by atoms with Gasteiger partial charge in [0, 0.05) is 24.8 Å². The van der Waals surface area contributed by atoms with Crippen LogP contribution >= 0.6 is 0 Å². The molecule has 2 aromatic rings. The van der Waals surface area contributed by atoms with Crippen molar-refractivity contribution < 1.29 is 9.53 Å². The second-order valence-electron chi connectivity index (χ2n) is 7.45. The average Bonchev–Trinajstić information content (AvgIpc) is 3.06. The minimum atomic E-state index is 0.119. The van der Waals surface area contributed by atoms with Crippen LogP contribution in [0, 0.1) is 11.8 Å². The van der Waals surface area contributed by atoms with E-state index >= 15 is 0 Å². The second kappa shape index (κ2) is 8.01. The average molecular weight is 365 g/mol. The van der Waals surface area contributed by atoms with Crippen molar-refractivity contribution in [3.05, 3.63) is 54.1 Å². The summed E-state index contributed by atoms with van der Waals surface area (Å²) in [6, 6.07) is 15.5. The molecule has 2 heterocycles. The molecule has 5 heteroatoms. The van der Waals surface area contributed by atoms with Gasteiger partial charge in [-0.2, -0.15) is 0 Å². The maximum atomic E-state index is 13.3. The van der Waals surface area contributed by atoms with Gasteiger partial charge in [-0.25, -0.2) is 0 Å². The lowest BCUT2D eigenvalue weighted by atomic mass is 9.92. The van der Waals surface area contributed by atoms with Gasteiger partial charge in [0.15, 0.2) is 0 Å². The molecule has 2 atom stereocenters. The summed E-state index contributed by atoms with van der Waals surface area (Å²) in [5.41, 5.74) is 2.47. The first-order valence-corrected chi connectivity index (χ1v) is 9.74. The third-order valence-electron chi connectivity index (χ3n) is 5.81. The lowest BCUT2D eigenvalue weighted by molar-refractivity contribution is 0.0759. The van der Waals surface area contributed by atoms with Gasteiger partial charge in [0.2, 0.25) is 0 Å². The standard InChI is InChI=1S/C22H27N3O2/c1-27-19-6-4-5-18(13-19)24-21-8-3-2-7-20(21)22(26)25-11-9-16-14-23-15-17(16)10-12-25/h2-8,13,16-17,23-24H,9-12,14-15H2,1H3/t16-,17+. The van der Waals surface area contributed by atoms with Crippen molar-refractivity contribution in [2.75, 3.05) is 38.6 Å². The SMILES string of the molecule is COc1cccc(Nc2ccccc2C(=O)N2CC[C@@H]3CNC[C@@H]3CC2)c1. The molecule has 0 aliphatic carbocycles. The smallest absolute Gasteiger partial charge is 0.255 e. The van der Waals surface area contributed by atoms with Gasteiger partial charge < -0.3 is 20.3 Å². The Morgan fingerprint density at radius 2 is 1.81 bits per heavy atom. The Hall–Kier alpha value is -2.53. The van der Waals surface area contributed by atoms with Crippen LogP contribution in [0.3, 0.4) is 0 Å². The monoisotopic (exact) mass is 365 g/mol. The number of benzene rings is 2. The Morgan fingerprint density at radius 3 is 2.56 bits per heavy atom. The Balaban J connectivity index is 1.52. The van der Waals surface area contributed by atoms with E-state index in [1.165, 1.54) is 0 Å². The third-order valence-corrected chi connectivity index (χ3v) is 5.81. The summed E-state index contributed by atoms with van der Waals surface area (Å²) in [5.74, 6) is 2.34. The summed E-state index contributed by atoms with van der Waals surface area (Å²) in [6.07, 6.45) is 2.18. The largest absolute Gasteiger partial charge is 0.497 e. The lowest BCUT2D eigenvalue weighted by Gasteiger charge is -2.23. The number of carbonyl (C=O) groups excluding carboxylic acids is 1. The Labute approximate surface area is 160 Å². The normalized spacial score (nSPS) is 22.0. The molecule has 27 heavy (non-hydrogen) atoms. The van der Waals surface area contributed by atoms with E-state index in [0.717, 1.165) is 61.7 Å². The molecule has 2 aromatic carbocycles. The van der Waals surface area contributed by atoms with Crippen molar-refractivity contribution in [3.8, 4) is 5.75 Å². The molecule has 2 N–H and O–H groups in total. The van der Waals surface area contributed by atoms with Gasteiger partial charge in [0.25, 0.3) is 5.91 Å². The number of nitrogens with one attached hydrogen (secondary N) is 2. The van der Waals surface area contributed by atoms with E-state index in [4.69, 9.17) is 4.74 Å². The van der Waals surface area contributed by atoms with E-state index in [0.29, 0.717) is 11.8 Å². The van der Waals surface area contributed by atoms with E-state index in [9.17, 15) is 4.79 Å². The predicted octanol–water partition coefficient (Wildman–Crippen LogP) is 3.51. The Bertz CT molecular complexity index is 794. The fourth-order valence-electron chi connectivity index (χ4n) is 4.23. The molecule has 0 saturated carbocycles. The number of rotatable bonds is 4. The van der Waals surface area contributed by atoms with Crippen LogP contribution in [0.1, 0.15) is 23.2 Å². The number of nitrogens with zero attached hydrogens (tertiary/aromatic N) is 1. The van der Waals surface area contributed by atoms with Gasteiger partial charge >= 0.3 is 0 Å². The summed E-state index contributed by atoms with van der Waals surface area (Å²) in [5, 5.41) is 6.88. The topological polar surface area (TPSA) is 53.6 Å². The van der Waals surface area contributed by atoms with E-state index in [2.05, 4.69) is 10.6 Å². The van der Waals surface area contributed by atoms with Gasteiger partial charge in [-0.3, -0.25) is 4.79 Å². The minimum absolute atomic E-state index is 0.119. The molecule has 5 nitrogen and oxygen atoms in total. The molecule has 0 bridgehead atoms. The van der Waals surface area contributed by atoms with Crippen LogP contribution in [-0.4, -0.2) is 44.1 Å². The Kier molecular flexibility index (Phi) is 5.30. The van der Waals surface area contributed by atoms with Crippen molar-refractivity contribution in [1.82, 2.24) is 10.2 Å². The number of hydrogen-bond donors (Lipinski definition) is 2. The van der Waals surface area contributed by atoms with Crippen LogP contribution in [0.5, 0.6) is 5.75 Å². The maximum absolute atomic E-state index is 13.3. The molecule has 4 rings (SSSR count). The summed E-state index contributed by atoms with van der Waals surface area (Å²) in [7, 11) is 1.65. The van der Waals surface area contributed by atoms with Crippen LogP contribution in [0.25, 0.3) is 0 Å². The molecule has 0 unspecified atom stereocenters. The molecule has 0 radical (unpaired) electrons. The zero-order chi connectivity index (χ0) is 18.6. The molecule has 2 fully saturated rings. The molecule has 142 valence electrons. The summed E-state index contributed by atoms with van der Waals surface area (Å²) in [4.78, 5) is 15.3. The van der Waals surface area contributed by atoms with Crippen LogP contribution in [0.4, 0.5) is 11.4 Å². The quantitative estimate of drug-likeness (QED) is 0.871. The number of anilines is 2. The first kappa shape index (κ1) is 17.9. The number of amides is 1. The molecular weight excluding hydrogens is 338 g/mol. The van der Waals surface area contributed by atoms with Crippen LogP contribution in [0.15, 0.2) is 48.5 Å². The van der Waals surface area contributed by atoms with Crippen molar-refractivity contribution >= 4 is 17.3 Å². The van der Waals surface area contributed by atoms with Crippen molar-refractivity contribution in [2.45, 2.75) is 12.8 Å². The highest BCUT2D eigenvalue weighted by molar-refractivity contribution is 6.00. The van der Waals surface area contributed by atoms with Gasteiger partial charge in [-0.15, -0.1) is 0 Å². The van der Waals surface area contributed by atoms with Gasteiger partial charge in [-0.1, -0.05) is 18.2 Å². The molecule has 2 saturated heterocycles. The number of ether oxygens (including phenoxy) is 1. The van der Waals surface area contributed by atoms with Crippen molar-refractivity contribution in [2.24, 2.45) is 11.8 Å². The molecule has 2 aliphatic heterocycles. The zero-order valence-corrected chi connectivity index (χ0v) is 15.8. The highest BCUT2D eigenvalue weighted by atomic mass is 16.5. The Morgan fingerprint density at radius 1 is 1.07 bits per heavy atom. The van der Waals surface area contributed by atoms with E-state index < -0.39 is 0 Å². The number of hydrogen-bond acceptors (Lipinski definition) is 4. The lowest BCUT2D eigenvalue weighted by Crippen LogP contribution is -2.33.